The quantitative estimate of drug-likeness (QED) is 0.281. The molecule has 4 rings (SSSR count). The van der Waals surface area contributed by atoms with Gasteiger partial charge in [0.05, 0.1) is 12.0 Å². The molecule has 1 amide bonds. The van der Waals surface area contributed by atoms with E-state index in [1.54, 1.807) is 0 Å². The Hall–Kier alpha value is -2.65. The number of nitrogens with zero attached hydrogens (tertiary/aromatic N) is 1. The number of aliphatic hydroxyl groups is 2. The van der Waals surface area contributed by atoms with Gasteiger partial charge in [0.1, 0.15) is 18.2 Å². The maximum absolute atomic E-state index is 13.5. The lowest BCUT2D eigenvalue weighted by Crippen LogP contribution is -2.49. The van der Waals surface area contributed by atoms with Crippen molar-refractivity contribution in [3.63, 3.8) is 0 Å². The molecule has 9 heteroatoms. The Morgan fingerprint density at radius 3 is 2.39 bits per heavy atom. The van der Waals surface area contributed by atoms with Crippen LogP contribution in [0, 0.1) is 22.7 Å². The predicted molar refractivity (Wildman–Crippen MR) is 138 cm³/mol. The highest BCUT2D eigenvalue weighted by atomic mass is 16.5. The molecule has 38 heavy (non-hydrogen) atoms. The lowest BCUT2D eigenvalue weighted by atomic mass is 9.70. The van der Waals surface area contributed by atoms with E-state index in [9.17, 15) is 34.8 Å². The molecule has 3 fully saturated rings. The Morgan fingerprint density at radius 2 is 1.82 bits per heavy atom. The number of likely N-dealkylation sites (tertiary alicyclic amines) is 1. The molecule has 2 saturated carbocycles. The molecular formula is C29H41NO8. The third-order valence-electron chi connectivity index (χ3n) is 9.94. The second kappa shape index (κ2) is 10.5. The minimum absolute atomic E-state index is 0.0839. The number of amides is 1. The van der Waals surface area contributed by atoms with Crippen molar-refractivity contribution in [3.8, 4) is 11.5 Å². The molecule has 210 valence electrons. The zero-order chi connectivity index (χ0) is 28.0. The highest BCUT2D eigenvalue weighted by Gasteiger charge is 2.63. The van der Waals surface area contributed by atoms with Crippen LogP contribution in [0.25, 0.3) is 0 Å². The summed E-state index contributed by atoms with van der Waals surface area (Å²) in [6, 6.07) is 3.23. The van der Waals surface area contributed by atoms with Crippen LogP contribution in [0.3, 0.4) is 0 Å². The standard InChI is InChI=1S/C29H41NO8/c1-16(31)19(15-24(35)23(34)13-17-7-8-21(32)22(33)12-17)26(36)30-11-5-6-20(30)27(37)38-25-14-18-9-10-29(25,4)28(18,2)3/h7-8,12,16,18-20,23,25,31-34H,5-6,9-11,13-15H2,1-4H3. The van der Waals surface area contributed by atoms with Crippen LogP contribution in [0.15, 0.2) is 18.2 Å². The van der Waals surface area contributed by atoms with Gasteiger partial charge in [0, 0.05) is 24.8 Å². The van der Waals surface area contributed by atoms with Crippen molar-refractivity contribution in [2.45, 2.75) is 97.0 Å². The number of ketones is 1. The Labute approximate surface area is 223 Å². The molecular weight excluding hydrogens is 490 g/mol. The van der Waals surface area contributed by atoms with Crippen molar-refractivity contribution < 1.29 is 39.5 Å². The van der Waals surface area contributed by atoms with E-state index >= 15 is 0 Å². The van der Waals surface area contributed by atoms with Crippen LogP contribution < -0.4 is 0 Å². The molecule has 0 spiro atoms. The van der Waals surface area contributed by atoms with Gasteiger partial charge in [-0.1, -0.05) is 26.8 Å². The average Bonchev–Trinajstić information content (AvgIpc) is 3.47. The first-order valence-electron chi connectivity index (χ1n) is 13.7. The van der Waals surface area contributed by atoms with Crippen molar-refractivity contribution in [2.75, 3.05) is 6.54 Å². The summed E-state index contributed by atoms with van der Waals surface area (Å²) in [5.41, 5.74) is 0.418. The van der Waals surface area contributed by atoms with Crippen molar-refractivity contribution in [3.05, 3.63) is 23.8 Å². The van der Waals surface area contributed by atoms with E-state index < -0.39 is 48.2 Å². The number of phenolic OH excluding ortho intramolecular Hbond substituents is 2. The Balaban J connectivity index is 1.40. The van der Waals surface area contributed by atoms with Gasteiger partial charge in [-0.3, -0.25) is 9.59 Å². The number of esters is 1. The number of aromatic hydroxyl groups is 2. The number of aliphatic hydroxyl groups excluding tert-OH is 2. The molecule has 1 aromatic carbocycles. The fourth-order valence-corrected chi connectivity index (χ4v) is 6.87. The molecule has 1 aliphatic heterocycles. The summed E-state index contributed by atoms with van der Waals surface area (Å²) in [7, 11) is 0. The monoisotopic (exact) mass is 531 g/mol. The van der Waals surface area contributed by atoms with E-state index in [2.05, 4.69) is 20.8 Å². The zero-order valence-corrected chi connectivity index (χ0v) is 22.7. The van der Waals surface area contributed by atoms with Crippen LogP contribution in [-0.4, -0.2) is 73.9 Å². The molecule has 0 aromatic heterocycles. The number of hydrogen-bond donors (Lipinski definition) is 4. The van der Waals surface area contributed by atoms with Crippen LogP contribution in [-0.2, 0) is 25.5 Å². The van der Waals surface area contributed by atoms with Crippen LogP contribution in [0.5, 0.6) is 11.5 Å². The third kappa shape index (κ3) is 5.02. The molecule has 7 unspecified atom stereocenters. The fourth-order valence-electron chi connectivity index (χ4n) is 6.87. The summed E-state index contributed by atoms with van der Waals surface area (Å²) in [5.74, 6) is -2.84. The van der Waals surface area contributed by atoms with Crippen molar-refractivity contribution in [1.29, 1.82) is 0 Å². The van der Waals surface area contributed by atoms with E-state index in [1.807, 2.05) is 0 Å². The number of Topliss-reactive ketones (excluding diaryl/α,β-unsaturated/α-hetero) is 1. The first-order valence-corrected chi connectivity index (χ1v) is 13.7. The molecule has 2 aliphatic carbocycles. The number of carbonyl (C=O) groups excluding carboxylic acids is 3. The molecule has 9 nitrogen and oxygen atoms in total. The van der Waals surface area contributed by atoms with Crippen molar-refractivity contribution in [1.82, 2.24) is 4.90 Å². The summed E-state index contributed by atoms with van der Waals surface area (Å²) in [5, 5.41) is 40.0. The minimum atomic E-state index is -1.46. The summed E-state index contributed by atoms with van der Waals surface area (Å²) in [4.78, 5) is 41.0. The molecule has 1 saturated heterocycles. The molecule has 3 aliphatic rings. The zero-order valence-electron chi connectivity index (χ0n) is 22.7. The number of hydrogen-bond acceptors (Lipinski definition) is 8. The minimum Gasteiger partial charge on any atom is -0.504 e. The normalized spacial score (nSPS) is 30.2. The van der Waals surface area contributed by atoms with Crippen molar-refractivity contribution in [2.24, 2.45) is 22.7 Å². The van der Waals surface area contributed by atoms with Gasteiger partial charge in [0.25, 0.3) is 0 Å². The van der Waals surface area contributed by atoms with Gasteiger partial charge < -0.3 is 30.1 Å². The SMILES string of the molecule is CC(O)C(CC(=O)C(O)Cc1ccc(O)c(O)c1)C(=O)N1CCCC1C(=O)OC1CC2CCC1(C)C2(C)C. The lowest BCUT2D eigenvalue weighted by molar-refractivity contribution is -0.166. The highest BCUT2D eigenvalue weighted by Crippen LogP contribution is 2.66. The maximum atomic E-state index is 13.5. The van der Waals surface area contributed by atoms with Gasteiger partial charge in [0.15, 0.2) is 17.3 Å². The van der Waals surface area contributed by atoms with Gasteiger partial charge in [0.2, 0.25) is 5.91 Å². The molecule has 0 radical (unpaired) electrons. The Morgan fingerprint density at radius 1 is 1.11 bits per heavy atom. The van der Waals surface area contributed by atoms with Gasteiger partial charge in [-0.25, -0.2) is 4.79 Å². The van der Waals surface area contributed by atoms with Gasteiger partial charge in [-0.15, -0.1) is 0 Å². The largest absolute Gasteiger partial charge is 0.504 e. The smallest absolute Gasteiger partial charge is 0.329 e. The third-order valence-corrected chi connectivity index (χ3v) is 9.94. The molecule has 1 aromatic rings. The average molecular weight is 532 g/mol. The van der Waals surface area contributed by atoms with E-state index in [0.717, 1.165) is 19.3 Å². The molecule has 2 bridgehead atoms. The van der Waals surface area contributed by atoms with Crippen LogP contribution in [0.2, 0.25) is 0 Å². The molecule has 1 heterocycles. The van der Waals surface area contributed by atoms with E-state index in [-0.39, 0.29) is 34.9 Å². The van der Waals surface area contributed by atoms with Crippen LogP contribution in [0.4, 0.5) is 0 Å². The second-order valence-corrected chi connectivity index (χ2v) is 12.3. The maximum Gasteiger partial charge on any atom is 0.329 e. The van der Waals surface area contributed by atoms with E-state index in [4.69, 9.17) is 4.74 Å². The summed E-state index contributed by atoms with van der Waals surface area (Å²) in [6.45, 7) is 8.43. The van der Waals surface area contributed by atoms with Crippen molar-refractivity contribution >= 4 is 17.7 Å². The number of carbonyl (C=O) groups is 3. The predicted octanol–water partition coefficient (Wildman–Crippen LogP) is 2.71. The number of ether oxygens (including phenoxy) is 1. The number of phenols is 2. The van der Waals surface area contributed by atoms with E-state index in [1.165, 1.54) is 30.0 Å². The summed E-state index contributed by atoms with van der Waals surface area (Å²) in [6.07, 6.45) is 0.725. The second-order valence-electron chi connectivity index (χ2n) is 12.3. The first kappa shape index (κ1) is 28.4. The van der Waals surface area contributed by atoms with Gasteiger partial charge in [-0.2, -0.15) is 0 Å². The Kier molecular flexibility index (Phi) is 7.83. The Bertz CT molecular complexity index is 1080. The first-order chi connectivity index (χ1) is 17.8. The highest BCUT2D eigenvalue weighted by molar-refractivity contribution is 5.92. The summed E-state index contributed by atoms with van der Waals surface area (Å²) >= 11 is 0. The fraction of sp³-hybridized carbons (Fsp3) is 0.690. The molecule has 7 atom stereocenters. The number of benzene rings is 1. The lowest BCUT2D eigenvalue weighted by Gasteiger charge is -2.39. The molecule has 4 N–H and O–H groups in total. The van der Waals surface area contributed by atoms with Crippen LogP contribution >= 0.6 is 0 Å². The number of rotatable bonds is 9. The number of fused-ring (bicyclic) bond motifs is 2. The topological polar surface area (TPSA) is 145 Å². The van der Waals surface area contributed by atoms with Crippen LogP contribution in [0.1, 0.15) is 71.8 Å². The van der Waals surface area contributed by atoms with Gasteiger partial charge in [-0.05, 0) is 68.1 Å². The van der Waals surface area contributed by atoms with Gasteiger partial charge >= 0.3 is 5.97 Å². The van der Waals surface area contributed by atoms with E-state index in [0.29, 0.717) is 30.9 Å². The summed E-state index contributed by atoms with van der Waals surface area (Å²) < 4.78 is 6.05.